The van der Waals surface area contributed by atoms with Gasteiger partial charge >= 0.3 is 0 Å². The molecule has 1 N–H and O–H groups in total. The summed E-state index contributed by atoms with van der Waals surface area (Å²) in [6, 6.07) is 5.13. The number of pyridine rings is 1. The molecule has 1 aromatic heterocycles. The molecule has 1 aromatic rings. The molecule has 1 aliphatic carbocycles. The molecule has 1 heterocycles. The molecule has 0 unspecified atom stereocenters. The summed E-state index contributed by atoms with van der Waals surface area (Å²) in [5.74, 6) is 1.06. The number of hydrogen-bond donors (Lipinski definition) is 1. The Hall–Kier alpha value is -0.800. The van der Waals surface area contributed by atoms with Crippen LogP contribution in [0.2, 0.25) is 5.02 Å². The summed E-state index contributed by atoms with van der Waals surface area (Å²) in [5.41, 5.74) is 0.946. The van der Waals surface area contributed by atoms with Crippen molar-refractivity contribution in [3.05, 3.63) is 22.8 Å². The SMILES string of the molecule is CCN(c1ccc(Cl)c(CNC(C)C)n1)C1CC1. The summed E-state index contributed by atoms with van der Waals surface area (Å²) in [7, 11) is 0. The number of hydrogen-bond acceptors (Lipinski definition) is 3. The molecule has 0 atom stereocenters. The highest BCUT2D eigenvalue weighted by atomic mass is 35.5. The molecule has 0 aliphatic heterocycles. The maximum Gasteiger partial charge on any atom is 0.129 e. The lowest BCUT2D eigenvalue weighted by Gasteiger charge is -2.22. The Morgan fingerprint density at radius 2 is 2.17 bits per heavy atom. The lowest BCUT2D eigenvalue weighted by molar-refractivity contribution is 0.581. The van der Waals surface area contributed by atoms with E-state index in [2.05, 4.69) is 31.0 Å². The van der Waals surface area contributed by atoms with Gasteiger partial charge in [0.05, 0.1) is 10.7 Å². The standard InChI is InChI=1S/C14H22ClN3/c1-4-18(11-5-6-11)14-8-7-12(15)13(17-14)9-16-10(2)3/h7-8,10-11,16H,4-6,9H2,1-3H3. The molecule has 3 nitrogen and oxygen atoms in total. The predicted octanol–water partition coefficient (Wildman–Crippen LogP) is 3.22. The summed E-state index contributed by atoms with van der Waals surface area (Å²) in [4.78, 5) is 7.08. The average molecular weight is 268 g/mol. The average Bonchev–Trinajstić information content (AvgIpc) is 3.14. The first kappa shape index (κ1) is 13.6. The minimum absolute atomic E-state index is 0.442. The minimum atomic E-state index is 0.442. The third-order valence-electron chi connectivity index (χ3n) is 3.20. The molecule has 18 heavy (non-hydrogen) atoms. The summed E-state index contributed by atoms with van der Waals surface area (Å²) in [5, 5.41) is 4.11. The van der Waals surface area contributed by atoms with Crippen LogP contribution in [0, 0.1) is 0 Å². The highest BCUT2D eigenvalue weighted by Crippen LogP contribution is 2.31. The fourth-order valence-corrected chi connectivity index (χ4v) is 2.22. The van der Waals surface area contributed by atoms with Gasteiger partial charge in [0, 0.05) is 25.2 Å². The predicted molar refractivity (Wildman–Crippen MR) is 77.3 cm³/mol. The molecule has 4 heteroatoms. The lowest BCUT2D eigenvalue weighted by Crippen LogP contribution is -2.27. The summed E-state index contributed by atoms with van der Waals surface area (Å²) >= 11 is 6.20. The highest BCUT2D eigenvalue weighted by molar-refractivity contribution is 6.31. The van der Waals surface area contributed by atoms with Crippen LogP contribution < -0.4 is 10.2 Å². The number of nitrogens with zero attached hydrogens (tertiary/aromatic N) is 2. The molecule has 0 spiro atoms. The van der Waals surface area contributed by atoms with E-state index >= 15 is 0 Å². The van der Waals surface area contributed by atoms with Gasteiger partial charge < -0.3 is 10.2 Å². The quantitative estimate of drug-likeness (QED) is 0.858. The van der Waals surface area contributed by atoms with Crippen molar-refractivity contribution in [3.63, 3.8) is 0 Å². The molecule has 1 saturated carbocycles. The zero-order valence-corrected chi connectivity index (χ0v) is 12.2. The topological polar surface area (TPSA) is 28.2 Å². The maximum atomic E-state index is 6.20. The van der Waals surface area contributed by atoms with Crippen molar-refractivity contribution in [3.8, 4) is 0 Å². The van der Waals surface area contributed by atoms with Gasteiger partial charge in [-0.05, 0) is 31.9 Å². The minimum Gasteiger partial charge on any atom is -0.354 e. The van der Waals surface area contributed by atoms with Crippen molar-refractivity contribution < 1.29 is 0 Å². The van der Waals surface area contributed by atoms with Gasteiger partial charge in [0.25, 0.3) is 0 Å². The van der Waals surface area contributed by atoms with Crippen LogP contribution in [0.25, 0.3) is 0 Å². The Morgan fingerprint density at radius 1 is 1.44 bits per heavy atom. The fraction of sp³-hybridized carbons (Fsp3) is 0.643. The summed E-state index contributed by atoms with van der Waals surface area (Å²) in [6.07, 6.45) is 2.58. The van der Waals surface area contributed by atoms with Crippen molar-refractivity contribution in [2.24, 2.45) is 0 Å². The fourth-order valence-electron chi connectivity index (χ4n) is 2.05. The van der Waals surface area contributed by atoms with Crippen LogP contribution in [0.4, 0.5) is 5.82 Å². The number of rotatable bonds is 6. The van der Waals surface area contributed by atoms with Crippen molar-refractivity contribution in [1.29, 1.82) is 0 Å². The van der Waals surface area contributed by atoms with Crippen molar-refractivity contribution in [1.82, 2.24) is 10.3 Å². The van der Waals surface area contributed by atoms with Gasteiger partial charge in [0.1, 0.15) is 5.82 Å². The second-order valence-electron chi connectivity index (χ2n) is 5.15. The molecule has 0 bridgehead atoms. The molecule has 100 valence electrons. The summed E-state index contributed by atoms with van der Waals surface area (Å²) < 4.78 is 0. The molecule has 2 rings (SSSR count). The maximum absolute atomic E-state index is 6.20. The first-order chi connectivity index (χ1) is 8.61. The lowest BCUT2D eigenvalue weighted by atomic mass is 10.3. The van der Waals surface area contributed by atoms with Crippen molar-refractivity contribution in [2.75, 3.05) is 11.4 Å². The third kappa shape index (κ3) is 3.36. The van der Waals surface area contributed by atoms with Crippen molar-refractivity contribution >= 4 is 17.4 Å². The van der Waals surface area contributed by atoms with E-state index in [0.717, 1.165) is 29.6 Å². The Morgan fingerprint density at radius 3 is 2.72 bits per heavy atom. The van der Waals surface area contributed by atoms with Crippen LogP contribution >= 0.6 is 11.6 Å². The van der Waals surface area contributed by atoms with E-state index in [1.165, 1.54) is 12.8 Å². The van der Waals surface area contributed by atoms with Crippen LogP contribution in [0.3, 0.4) is 0 Å². The van der Waals surface area contributed by atoms with Gasteiger partial charge in [-0.3, -0.25) is 0 Å². The van der Waals surface area contributed by atoms with Crippen LogP contribution in [-0.4, -0.2) is 23.6 Å². The van der Waals surface area contributed by atoms with Crippen molar-refractivity contribution in [2.45, 2.75) is 52.2 Å². The number of aromatic nitrogens is 1. The van der Waals surface area contributed by atoms with E-state index in [0.29, 0.717) is 12.1 Å². The smallest absolute Gasteiger partial charge is 0.129 e. The van der Waals surface area contributed by atoms with Crippen LogP contribution in [0.1, 0.15) is 39.3 Å². The number of halogens is 1. The number of nitrogens with one attached hydrogen (secondary N) is 1. The second kappa shape index (κ2) is 5.89. The largest absolute Gasteiger partial charge is 0.354 e. The van der Waals surface area contributed by atoms with E-state index in [9.17, 15) is 0 Å². The molecular weight excluding hydrogens is 246 g/mol. The Balaban J connectivity index is 2.14. The van der Waals surface area contributed by atoms with E-state index in [1.54, 1.807) is 0 Å². The Bertz CT molecular complexity index is 402. The van der Waals surface area contributed by atoms with Crippen LogP contribution in [0.15, 0.2) is 12.1 Å². The van der Waals surface area contributed by atoms with Crippen LogP contribution in [0.5, 0.6) is 0 Å². The van der Waals surface area contributed by atoms with E-state index in [-0.39, 0.29) is 0 Å². The van der Waals surface area contributed by atoms with Gasteiger partial charge in [-0.25, -0.2) is 4.98 Å². The van der Waals surface area contributed by atoms with E-state index < -0.39 is 0 Å². The monoisotopic (exact) mass is 267 g/mol. The molecular formula is C14H22ClN3. The first-order valence-corrected chi connectivity index (χ1v) is 7.15. The highest BCUT2D eigenvalue weighted by Gasteiger charge is 2.29. The van der Waals surface area contributed by atoms with E-state index in [1.807, 2.05) is 12.1 Å². The summed E-state index contributed by atoms with van der Waals surface area (Å²) in [6.45, 7) is 8.17. The first-order valence-electron chi connectivity index (χ1n) is 6.77. The van der Waals surface area contributed by atoms with Gasteiger partial charge in [-0.15, -0.1) is 0 Å². The molecule has 0 aromatic carbocycles. The third-order valence-corrected chi connectivity index (χ3v) is 3.55. The van der Waals surface area contributed by atoms with Gasteiger partial charge in [0.2, 0.25) is 0 Å². The normalized spacial score (nSPS) is 15.2. The Labute approximate surface area is 115 Å². The number of anilines is 1. The van der Waals surface area contributed by atoms with E-state index in [4.69, 9.17) is 16.6 Å². The van der Waals surface area contributed by atoms with Crippen LogP contribution in [-0.2, 0) is 6.54 Å². The molecule has 1 fully saturated rings. The Kier molecular flexibility index (Phi) is 4.46. The zero-order valence-electron chi connectivity index (χ0n) is 11.4. The van der Waals surface area contributed by atoms with Gasteiger partial charge in [-0.2, -0.15) is 0 Å². The molecule has 0 saturated heterocycles. The van der Waals surface area contributed by atoms with Gasteiger partial charge in [0.15, 0.2) is 0 Å². The molecule has 0 amide bonds. The van der Waals surface area contributed by atoms with Gasteiger partial charge in [-0.1, -0.05) is 25.4 Å². The molecule has 0 radical (unpaired) electrons. The zero-order chi connectivity index (χ0) is 13.1. The molecule has 1 aliphatic rings. The second-order valence-corrected chi connectivity index (χ2v) is 5.56.